The normalized spacial score (nSPS) is 12.6. The summed E-state index contributed by atoms with van der Waals surface area (Å²) in [5, 5.41) is 2.84. The number of amides is 2. The number of hydrogen-bond donors (Lipinski definition) is 1. The van der Waals surface area contributed by atoms with Crippen LogP contribution < -0.4 is 14.8 Å². The number of pyridine rings is 1. The molecule has 0 unspecified atom stereocenters. The smallest absolute Gasteiger partial charge is 0.289 e. The molecule has 3 heterocycles. The second-order valence-corrected chi connectivity index (χ2v) is 8.39. The van der Waals surface area contributed by atoms with Gasteiger partial charge in [-0.2, -0.15) is 0 Å². The van der Waals surface area contributed by atoms with Gasteiger partial charge in [0.25, 0.3) is 11.8 Å². The minimum Gasteiger partial charge on any atom is -0.493 e. The highest BCUT2D eigenvalue weighted by atomic mass is 16.5. The molecule has 0 atom stereocenters. The van der Waals surface area contributed by atoms with E-state index in [4.69, 9.17) is 13.9 Å². The molecule has 2 amide bonds. The molecule has 2 aromatic heterocycles. The summed E-state index contributed by atoms with van der Waals surface area (Å²) in [7, 11) is 3.21. The number of methoxy groups -OCH3 is 2. The van der Waals surface area contributed by atoms with E-state index >= 15 is 0 Å². The van der Waals surface area contributed by atoms with Crippen LogP contribution in [0, 0.1) is 0 Å². The van der Waals surface area contributed by atoms with Crippen LogP contribution in [0.15, 0.2) is 77.5 Å². The lowest BCUT2D eigenvalue weighted by Gasteiger charge is -2.29. The van der Waals surface area contributed by atoms with E-state index in [2.05, 4.69) is 10.3 Å². The first-order valence-electron chi connectivity index (χ1n) is 11.5. The topological polar surface area (TPSA) is 93.9 Å². The number of nitrogens with zero attached hydrogens (tertiary/aromatic N) is 2. The lowest BCUT2D eigenvalue weighted by atomic mass is 9.98. The first-order chi connectivity index (χ1) is 17.6. The molecule has 4 aromatic rings. The number of hydrogen-bond acceptors (Lipinski definition) is 6. The summed E-state index contributed by atoms with van der Waals surface area (Å²) in [6.07, 6.45) is 3.85. The zero-order valence-corrected chi connectivity index (χ0v) is 20.0. The summed E-state index contributed by atoms with van der Waals surface area (Å²) in [4.78, 5) is 31.2. The molecule has 36 heavy (non-hydrogen) atoms. The fourth-order valence-electron chi connectivity index (χ4n) is 4.24. The highest BCUT2D eigenvalue weighted by Gasteiger charge is 2.25. The summed E-state index contributed by atoms with van der Waals surface area (Å²) < 4.78 is 16.7. The van der Waals surface area contributed by atoms with Gasteiger partial charge in [-0.15, -0.1) is 0 Å². The van der Waals surface area contributed by atoms with Crippen LogP contribution in [-0.2, 0) is 13.0 Å². The average Bonchev–Trinajstić information content (AvgIpc) is 3.42. The predicted octanol–water partition coefficient (Wildman–Crippen LogP) is 4.81. The van der Waals surface area contributed by atoms with Crippen molar-refractivity contribution in [1.29, 1.82) is 0 Å². The van der Waals surface area contributed by atoms with Crippen LogP contribution in [0.5, 0.6) is 11.5 Å². The van der Waals surface area contributed by atoms with Gasteiger partial charge in [0, 0.05) is 36.7 Å². The molecule has 0 spiro atoms. The molecule has 0 radical (unpaired) electrons. The van der Waals surface area contributed by atoms with Gasteiger partial charge in [0.1, 0.15) is 5.76 Å². The molecular formula is C28H25N3O5. The quantitative estimate of drug-likeness (QED) is 0.423. The number of nitrogens with one attached hydrogen (secondary N) is 1. The second kappa shape index (κ2) is 9.95. The zero-order chi connectivity index (χ0) is 25.1. The number of carbonyl (C=O) groups excluding carboxylic acids is 2. The molecular weight excluding hydrogens is 458 g/mol. The van der Waals surface area contributed by atoms with E-state index in [1.807, 2.05) is 24.3 Å². The van der Waals surface area contributed by atoms with Crippen molar-refractivity contribution in [2.75, 3.05) is 26.1 Å². The number of carbonyl (C=O) groups is 2. The number of ether oxygens (including phenoxy) is 2. The Kier molecular flexibility index (Phi) is 6.40. The van der Waals surface area contributed by atoms with Gasteiger partial charge in [-0.25, -0.2) is 0 Å². The Morgan fingerprint density at radius 1 is 0.972 bits per heavy atom. The fraction of sp³-hybridized carbons (Fsp3) is 0.179. The number of benzene rings is 2. The molecule has 1 N–H and O–H groups in total. The van der Waals surface area contributed by atoms with Crippen molar-refractivity contribution in [2.24, 2.45) is 0 Å². The minimum atomic E-state index is -0.235. The van der Waals surface area contributed by atoms with Crippen molar-refractivity contribution in [1.82, 2.24) is 9.88 Å². The van der Waals surface area contributed by atoms with Crippen LogP contribution in [0.2, 0.25) is 0 Å². The lowest BCUT2D eigenvalue weighted by molar-refractivity contribution is 0.0703. The number of furan rings is 1. The SMILES string of the molecule is COc1cc2c(cc1OC)CN(C(=O)c1ccc(-c3ccc(NC(=O)c4cccnc4)cc3)o1)CC2. The molecule has 0 saturated carbocycles. The summed E-state index contributed by atoms with van der Waals surface area (Å²) in [5.74, 6) is 1.79. The third kappa shape index (κ3) is 4.65. The predicted molar refractivity (Wildman–Crippen MR) is 134 cm³/mol. The van der Waals surface area contributed by atoms with Crippen molar-refractivity contribution in [3.05, 3.63) is 95.5 Å². The van der Waals surface area contributed by atoms with Crippen molar-refractivity contribution in [2.45, 2.75) is 13.0 Å². The third-order valence-corrected chi connectivity index (χ3v) is 6.17. The highest BCUT2D eigenvalue weighted by Crippen LogP contribution is 2.34. The van der Waals surface area contributed by atoms with Crippen LogP contribution in [-0.4, -0.2) is 42.5 Å². The molecule has 0 bridgehead atoms. The Labute approximate surface area is 208 Å². The third-order valence-electron chi connectivity index (χ3n) is 6.17. The average molecular weight is 484 g/mol. The van der Waals surface area contributed by atoms with Gasteiger partial charge in [-0.05, 0) is 78.2 Å². The van der Waals surface area contributed by atoms with E-state index in [-0.39, 0.29) is 17.6 Å². The van der Waals surface area contributed by atoms with E-state index in [9.17, 15) is 9.59 Å². The minimum absolute atomic E-state index is 0.165. The first kappa shape index (κ1) is 23.2. The maximum atomic E-state index is 13.2. The summed E-state index contributed by atoms with van der Waals surface area (Å²) in [6, 6.07) is 18.0. The van der Waals surface area contributed by atoms with Crippen LogP contribution in [0.4, 0.5) is 5.69 Å². The Balaban J connectivity index is 1.27. The van der Waals surface area contributed by atoms with Crippen molar-refractivity contribution in [3.63, 3.8) is 0 Å². The van der Waals surface area contributed by atoms with Gasteiger partial charge in [0.15, 0.2) is 17.3 Å². The molecule has 5 rings (SSSR count). The maximum Gasteiger partial charge on any atom is 0.289 e. The standard InChI is InChI=1S/C28H25N3O5/c1-34-25-14-19-11-13-31(17-21(19)15-26(25)35-2)28(33)24-10-9-23(36-24)18-5-7-22(8-6-18)30-27(32)20-4-3-12-29-16-20/h3-10,12,14-16H,11,13,17H2,1-2H3,(H,30,32). The van der Waals surface area contributed by atoms with Crippen molar-refractivity contribution >= 4 is 17.5 Å². The molecule has 8 nitrogen and oxygen atoms in total. The Bertz CT molecular complexity index is 1400. The van der Waals surface area contributed by atoms with Crippen LogP contribution >= 0.6 is 0 Å². The fourth-order valence-corrected chi connectivity index (χ4v) is 4.24. The van der Waals surface area contributed by atoms with Gasteiger partial charge in [0.05, 0.1) is 19.8 Å². The van der Waals surface area contributed by atoms with Crippen LogP contribution in [0.25, 0.3) is 11.3 Å². The first-order valence-corrected chi connectivity index (χ1v) is 11.5. The van der Waals surface area contributed by atoms with E-state index in [1.54, 1.807) is 61.7 Å². The van der Waals surface area contributed by atoms with Gasteiger partial charge >= 0.3 is 0 Å². The molecule has 1 aliphatic rings. The number of aromatic nitrogens is 1. The Morgan fingerprint density at radius 2 is 1.72 bits per heavy atom. The maximum absolute atomic E-state index is 13.2. The van der Waals surface area contributed by atoms with E-state index < -0.39 is 0 Å². The lowest BCUT2D eigenvalue weighted by Crippen LogP contribution is -2.35. The molecule has 182 valence electrons. The highest BCUT2D eigenvalue weighted by molar-refractivity contribution is 6.04. The molecule has 0 saturated heterocycles. The van der Waals surface area contributed by atoms with Gasteiger partial charge < -0.3 is 24.1 Å². The van der Waals surface area contributed by atoms with Gasteiger partial charge in [-0.1, -0.05) is 0 Å². The van der Waals surface area contributed by atoms with E-state index in [1.165, 1.54) is 6.20 Å². The number of fused-ring (bicyclic) bond motifs is 1. The summed E-state index contributed by atoms with van der Waals surface area (Å²) in [5.41, 5.74) is 4.10. The van der Waals surface area contributed by atoms with Crippen LogP contribution in [0.1, 0.15) is 32.0 Å². The van der Waals surface area contributed by atoms with Gasteiger partial charge in [-0.3, -0.25) is 14.6 Å². The molecule has 0 aliphatic carbocycles. The number of rotatable bonds is 6. The van der Waals surface area contributed by atoms with Crippen LogP contribution in [0.3, 0.4) is 0 Å². The number of anilines is 1. The monoisotopic (exact) mass is 483 g/mol. The van der Waals surface area contributed by atoms with E-state index in [0.717, 1.165) is 23.1 Å². The molecule has 2 aromatic carbocycles. The molecule has 8 heteroatoms. The summed E-state index contributed by atoms with van der Waals surface area (Å²) in [6.45, 7) is 1.05. The van der Waals surface area contributed by atoms with E-state index in [0.29, 0.717) is 41.6 Å². The second-order valence-electron chi connectivity index (χ2n) is 8.39. The summed E-state index contributed by atoms with van der Waals surface area (Å²) >= 11 is 0. The largest absolute Gasteiger partial charge is 0.493 e. The van der Waals surface area contributed by atoms with Crippen molar-refractivity contribution < 1.29 is 23.5 Å². The molecule has 1 aliphatic heterocycles. The van der Waals surface area contributed by atoms with Crippen molar-refractivity contribution in [3.8, 4) is 22.8 Å². The Hall–Kier alpha value is -4.59. The van der Waals surface area contributed by atoms with Gasteiger partial charge in [0.2, 0.25) is 0 Å². The molecule has 0 fully saturated rings. The zero-order valence-electron chi connectivity index (χ0n) is 20.0. The Morgan fingerprint density at radius 3 is 2.42 bits per heavy atom.